The molecule has 0 saturated carbocycles. The van der Waals surface area contributed by atoms with Crippen molar-refractivity contribution >= 4 is 23.3 Å². The Morgan fingerprint density at radius 1 is 1.42 bits per heavy atom. The number of hydrogen-bond donors (Lipinski definition) is 2. The largest absolute Gasteiger partial charge is 0.478 e. The minimum atomic E-state index is -1.15. The quantitative estimate of drug-likeness (QED) is 0.904. The number of carbonyl (C=O) groups is 1. The third-order valence-corrected chi connectivity index (χ3v) is 2.52. The maximum atomic E-state index is 12.9. The monoisotopic (exact) mass is 282 g/mol. The third kappa shape index (κ3) is 2.92. The third-order valence-electron chi connectivity index (χ3n) is 2.23. The van der Waals surface area contributed by atoms with Crippen LogP contribution in [0.25, 0.3) is 0 Å². The number of rotatable bonds is 3. The first-order valence-corrected chi connectivity index (χ1v) is 5.47. The van der Waals surface area contributed by atoms with Gasteiger partial charge in [0, 0.05) is 6.20 Å². The molecule has 0 aliphatic rings. The molecule has 0 spiro atoms. The van der Waals surface area contributed by atoms with E-state index < -0.39 is 11.8 Å². The van der Waals surface area contributed by atoms with Crippen LogP contribution in [0.2, 0.25) is 5.02 Å². The van der Waals surface area contributed by atoms with Gasteiger partial charge < -0.3 is 15.6 Å². The van der Waals surface area contributed by atoms with E-state index in [4.69, 9.17) is 27.2 Å². The second-order valence-corrected chi connectivity index (χ2v) is 4.01. The highest BCUT2D eigenvalue weighted by molar-refractivity contribution is 6.32. The van der Waals surface area contributed by atoms with Crippen LogP contribution in [0.5, 0.6) is 11.6 Å². The standard InChI is InChI=1S/C12H8ClFN2O3/c13-8-4-7(14)1-2-10(8)19-11-9(15)3-6(5-16-11)12(17)18/h1-5H,15H2,(H,17,18). The highest BCUT2D eigenvalue weighted by atomic mass is 35.5. The van der Waals surface area contributed by atoms with Crippen molar-refractivity contribution in [2.24, 2.45) is 0 Å². The van der Waals surface area contributed by atoms with Crippen molar-refractivity contribution in [2.45, 2.75) is 0 Å². The molecule has 0 atom stereocenters. The molecule has 0 amide bonds. The highest BCUT2D eigenvalue weighted by Gasteiger charge is 2.11. The van der Waals surface area contributed by atoms with Crippen molar-refractivity contribution in [1.29, 1.82) is 0 Å². The maximum absolute atomic E-state index is 12.9. The van der Waals surface area contributed by atoms with Crippen LogP contribution >= 0.6 is 11.6 Å². The number of aromatic carboxylic acids is 1. The van der Waals surface area contributed by atoms with Crippen LogP contribution in [0.3, 0.4) is 0 Å². The number of nitrogen functional groups attached to an aromatic ring is 1. The molecule has 0 unspecified atom stereocenters. The lowest BCUT2D eigenvalue weighted by Crippen LogP contribution is -2.02. The summed E-state index contributed by atoms with van der Waals surface area (Å²) in [5.41, 5.74) is 5.60. The molecule has 1 heterocycles. The zero-order valence-electron chi connectivity index (χ0n) is 9.43. The number of ether oxygens (including phenoxy) is 1. The molecule has 0 radical (unpaired) electrons. The summed E-state index contributed by atoms with van der Waals surface area (Å²) in [5, 5.41) is 8.82. The van der Waals surface area contributed by atoms with Crippen LogP contribution in [0, 0.1) is 5.82 Å². The Morgan fingerprint density at radius 3 is 2.74 bits per heavy atom. The Balaban J connectivity index is 2.31. The zero-order chi connectivity index (χ0) is 14.0. The van der Waals surface area contributed by atoms with Gasteiger partial charge in [0.2, 0.25) is 5.88 Å². The molecule has 0 fully saturated rings. The summed E-state index contributed by atoms with van der Waals surface area (Å²) in [6, 6.07) is 4.79. The number of hydrogen-bond acceptors (Lipinski definition) is 4. The first kappa shape index (κ1) is 13.1. The topological polar surface area (TPSA) is 85.4 Å². The second kappa shape index (κ2) is 5.11. The Hall–Kier alpha value is -2.34. The van der Waals surface area contributed by atoms with Crippen LogP contribution in [-0.4, -0.2) is 16.1 Å². The van der Waals surface area contributed by atoms with Gasteiger partial charge in [-0.3, -0.25) is 0 Å². The van der Waals surface area contributed by atoms with E-state index in [1.54, 1.807) is 0 Å². The van der Waals surface area contributed by atoms with Crippen molar-refractivity contribution in [3.8, 4) is 11.6 Å². The van der Waals surface area contributed by atoms with Gasteiger partial charge in [0.25, 0.3) is 0 Å². The number of nitrogens with zero attached hydrogens (tertiary/aromatic N) is 1. The fraction of sp³-hybridized carbons (Fsp3) is 0. The Labute approximate surface area is 112 Å². The maximum Gasteiger partial charge on any atom is 0.337 e. The number of benzene rings is 1. The molecular formula is C12H8ClFN2O3. The number of carboxylic acid groups (broad SMARTS) is 1. The van der Waals surface area contributed by atoms with Crippen molar-refractivity contribution in [2.75, 3.05) is 5.73 Å². The van der Waals surface area contributed by atoms with E-state index in [2.05, 4.69) is 4.98 Å². The summed E-state index contributed by atoms with van der Waals surface area (Å²) in [7, 11) is 0. The molecule has 0 aliphatic heterocycles. The van der Waals surface area contributed by atoms with E-state index >= 15 is 0 Å². The Morgan fingerprint density at radius 2 is 2.16 bits per heavy atom. The van der Waals surface area contributed by atoms with E-state index in [-0.39, 0.29) is 27.9 Å². The molecule has 98 valence electrons. The molecule has 5 nitrogen and oxygen atoms in total. The number of carboxylic acids is 1. The van der Waals surface area contributed by atoms with Crippen LogP contribution in [0.4, 0.5) is 10.1 Å². The molecule has 0 bridgehead atoms. The summed E-state index contributed by atoms with van der Waals surface area (Å²) < 4.78 is 18.2. The number of halogens is 2. The van der Waals surface area contributed by atoms with E-state index in [1.807, 2.05) is 0 Å². The molecule has 2 aromatic rings. The van der Waals surface area contributed by atoms with Gasteiger partial charge in [-0.1, -0.05) is 11.6 Å². The summed E-state index contributed by atoms with van der Waals surface area (Å²) in [4.78, 5) is 14.5. The summed E-state index contributed by atoms with van der Waals surface area (Å²) in [6.07, 6.45) is 1.10. The molecule has 19 heavy (non-hydrogen) atoms. The normalized spacial score (nSPS) is 10.2. The minimum absolute atomic E-state index is 0.00138. The SMILES string of the molecule is Nc1cc(C(=O)O)cnc1Oc1ccc(F)cc1Cl. The lowest BCUT2D eigenvalue weighted by Gasteiger charge is -2.09. The van der Waals surface area contributed by atoms with E-state index in [9.17, 15) is 9.18 Å². The number of pyridine rings is 1. The Kier molecular flexibility index (Phi) is 3.52. The molecule has 0 saturated heterocycles. The van der Waals surface area contributed by atoms with Gasteiger partial charge in [-0.25, -0.2) is 14.2 Å². The number of anilines is 1. The number of aromatic nitrogens is 1. The summed E-state index contributed by atoms with van der Waals surface area (Å²) >= 11 is 5.79. The lowest BCUT2D eigenvalue weighted by molar-refractivity contribution is 0.0696. The first-order chi connectivity index (χ1) is 8.97. The van der Waals surface area contributed by atoms with E-state index in [1.165, 1.54) is 18.2 Å². The molecule has 1 aromatic heterocycles. The molecule has 7 heteroatoms. The lowest BCUT2D eigenvalue weighted by atomic mass is 10.2. The van der Waals surface area contributed by atoms with Crippen molar-refractivity contribution in [1.82, 2.24) is 4.98 Å². The zero-order valence-corrected chi connectivity index (χ0v) is 10.2. The van der Waals surface area contributed by atoms with Crippen molar-refractivity contribution in [3.63, 3.8) is 0 Å². The van der Waals surface area contributed by atoms with Gasteiger partial charge in [0.1, 0.15) is 11.6 Å². The first-order valence-electron chi connectivity index (χ1n) is 5.09. The van der Waals surface area contributed by atoms with Gasteiger partial charge in [0.15, 0.2) is 0 Å². The summed E-state index contributed by atoms with van der Waals surface area (Å²) in [6.45, 7) is 0. The second-order valence-electron chi connectivity index (χ2n) is 3.60. The highest BCUT2D eigenvalue weighted by Crippen LogP contribution is 2.31. The number of nitrogens with two attached hydrogens (primary N) is 1. The minimum Gasteiger partial charge on any atom is -0.478 e. The van der Waals surface area contributed by atoms with Crippen LogP contribution in [-0.2, 0) is 0 Å². The van der Waals surface area contributed by atoms with Crippen molar-refractivity contribution < 1.29 is 19.0 Å². The Bertz CT molecular complexity index is 649. The average Bonchev–Trinajstić information content (AvgIpc) is 2.34. The van der Waals surface area contributed by atoms with Crippen LogP contribution < -0.4 is 10.5 Å². The summed E-state index contributed by atoms with van der Waals surface area (Å²) in [5.74, 6) is -1.48. The van der Waals surface area contributed by atoms with Crippen LogP contribution in [0.1, 0.15) is 10.4 Å². The predicted molar refractivity (Wildman–Crippen MR) is 67.1 cm³/mol. The average molecular weight is 283 g/mol. The van der Waals surface area contributed by atoms with E-state index in [0.717, 1.165) is 12.3 Å². The van der Waals surface area contributed by atoms with Gasteiger partial charge >= 0.3 is 5.97 Å². The fourth-order valence-corrected chi connectivity index (χ4v) is 1.54. The van der Waals surface area contributed by atoms with Crippen molar-refractivity contribution in [3.05, 3.63) is 46.9 Å². The smallest absolute Gasteiger partial charge is 0.337 e. The molecule has 0 aliphatic carbocycles. The van der Waals surface area contributed by atoms with Gasteiger partial charge in [0.05, 0.1) is 16.3 Å². The van der Waals surface area contributed by atoms with Gasteiger partial charge in [-0.2, -0.15) is 0 Å². The predicted octanol–water partition coefficient (Wildman–Crippen LogP) is 2.95. The molecular weight excluding hydrogens is 275 g/mol. The molecule has 2 rings (SSSR count). The fourth-order valence-electron chi connectivity index (χ4n) is 1.33. The molecule has 3 N–H and O–H groups in total. The van der Waals surface area contributed by atoms with Crippen LogP contribution in [0.15, 0.2) is 30.5 Å². The van der Waals surface area contributed by atoms with Gasteiger partial charge in [-0.15, -0.1) is 0 Å². The molecule has 1 aromatic carbocycles. The van der Waals surface area contributed by atoms with Gasteiger partial charge in [-0.05, 0) is 24.3 Å². The van der Waals surface area contributed by atoms with E-state index in [0.29, 0.717) is 0 Å².